The predicted octanol–water partition coefficient (Wildman–Crippen LogP) is 0.994. The Hall–Kier alpha value is -1.97. The summed E-state index contributed by atoms with van der Waals surface area (Å²) in [6, 6.07) is 3.94. The standard InChI is InChI=1S/C18H26N6O2S/c25-16(19-5-9-22-10-12-26-13-11-22)15-4-3-8-24(14-15)18-21-20-17(27-18)23-6-1-2-7-23/h1-2,6-7,15H,3-5,8-14H2,(H,19,25)/t15-/m0/s1. The Bertz CT molecular complexity index is 728. The molecule has 0 aromatic carbocycles. The molecule has 1 N–H and O–H groups in total. The highest BCUT2D eigenvalue weighted by molar-refractivity contribution is 7.17. The van der Waals surface area contributed by atoms with Crippen molar-refractivity contribution in [2.75, 3.05) is 57.4 Å². The van der Waals surface area contributed by atoms with Crippen molar-refractivity contribution >= 4 is 22.4 Å². The summed E-state index contributed by atoms with van der Waals surface area (Å²) in [5.74, 6) is 0.172. The maximum absolute atomic E-state index is 12.6. The molecule has 2 aromatic rings. The number of carbonyl (C=O) groups excluding carboxylic acids is 1. The molecule has 0 unspecified atom stereocenters. The van der Waals surface area contributed by atoms with E-state index in [4.69, 9.17) is 4.74 Å². The number of aromatic nitrogens is 3. The van der Waals surface area contributed by atoms with Crippen LogP contribution in [0.3, 0.4) is 0 Å². The lowest BCUT2D eigenvalue weighted by Crippen LogP contribution is -2.46. The first-order valence-electron chi connectivity index (χ1n) is 9.59. The first-order chi connectivity index (χ1) is 13.3. The van der Waals surface area contributed by atoms with Crippen LogP contribution in [0.15, 0.2) is 24.5 Å². The summed E-state index contributed by atoms with van der Waals surface area (Å²) < 4.78 is 7.31. The van der Waals surface area contributed by atoms with E-state index < -0.39 is 0 Å². The summed E-state index contributed by atoms with van der Waals surface area (Å²) in [6.45, 7) is 6.72. The molecule has 2 aromatic heterocycles. The van der Waals surface area contributed by atoms with Gasteiger partial charge in [-0.3, -0.25) is 14.3 Å². The third kappa shape index (κ3) is 4.66. The van der Waals surface area contributed by atoms with Gasteiger partial charge in [0.15, 0.2) is 0 Å². The second-order valence-corrected chi connectivity index (χ2v) is 7.92. The van der Waals surface area contributed by atoms with Gasteiger partial charge in [-0.2, -0.15) is 0 Å². The topological polar surface area (TPSA) is 75.5 Å². The van der Waals surface area contributed by atoms with E-state index >= 15 is 0 Å². The van der Waals surface area contributed by atoms with Gasteiger partial charge in [0.05, 0.1) is 19.1 Å². The molecule has 1 amide bonds. The number of morpholine rings is 1. The van der Waals surface area contributed by atoms with Gasteiger partial charge in [0.2, 0.25) is 16.2 Å². The van der Waals surface area contributed by atoms with E-state index in [2.05, 4.69) is 25.3 Å². The van der Waals surface area contributed by atoms with E-state index in [1.165, 1.54) is 0 Å². The lowest BCUT2D eigenvalue weighted by Gasteiger charge is -2.31. The van der Waals surface area contributed by atoms with Gasteiger partial charge in [0.1, 0.15) is 0 Å². The third-order valence-corrected chi connectivity index (χ3v) is 6.12. The molecule has 4 heterocycles. The average molecular weight is 391 g/mol. The molecule has 2 saturated heterocycles. The fraction of sp³-hybridized carbons (Fsp3) is 0.611. The fourth-order valence-electron chi connectivity index (χ4n) is 3.57. The fourth-order valence-corrected chi connectivity index (χ4v) is 4.42. The van der Waals surface area contributed by atoms with Crippen molar-refractivity contribution in [3.05, 3.63) is 24.5 Å². The quantitative estimate of drug-likeness (QED) is 0.793. The van der Waals surface area contributed by atoms with Crippen molar-refractivity contribution in [3.8, 4) is 5.13 Å². The Morgan fingerprint density at radius 2 is 1.96 bits per heavy atom. The van der Waals surface area contributed by atoms with Gasteiger partial charge in [0.25, 0.3) is 0 Å². The highest BCUT2D eigenvalue weighted by atomic mass is 32.1. The van der Waals surface area contributed by atoms with Gasteiger partial charge in [0, 0.05) is 51.7 Å². The molecule has 2 fully saturated rings. The van der Waals surface area contributed by atoms with Crippen LogP contribution in [0.5, 0.6) is 0 Å². The molecule has 0 aliphatic carbocycles. The van der Waals surface area contributed by atoms with Crippen LogP contribution in [0.2, 0.25) is 0 Å². The Kier molecular flexibility index (Phi) is 6.00. The molecule has 8 nitrogen and oxygen atoms in total. The lowest BCUT2D eigenvalue weighted by atomic mass is 9.97. The average Bonchev–Trinajstić information content (AvgIpc) is 3.40. The Morgan fingerprint density at radius 1 is 1.19 bits per heavy atom. The Labute approximate surface area is 163 Å². The summed E-state index contributed by atoms with van der Waals surface area (Å²) in [4.78, 5) is 17.1. The van der Waals surface area contributed by atoms with E-state index in [-0.39, 0.29) is 11.8 Å². The van der Waals surface area contributed by atoms with Crippen molar-refractivity contribution in [3.63, 3.8) is 0 Å². The summed E-state index contributed by atoms with van der Waals surface area (Å²) in [6.07, 6.45) is 5.86. The molecule has 2 aliphatic rings. The Balaban J connectivity index is 1.28. The molecule has 0 bridgehead atoms. The zero-order chi connectivity index (χ0) is 18.5. The third-order valence-electron chi connectivity index (χ3n) is 5.12. The van der Waals surface area contributed by atoms with Gasteiger partial charge in [-0.1, -0.05) is 11.3 Å². The smallest absolute Gasteiger partial charge is 0.224 e. The number of amides is 1. The largest absolute Gasteiger partial charge is 0.379 e. The first-order valence-corrected chi connectivity index (χ1v) is 10.4. The van der Waals surface area contributed by atoms with E-state index in [0.717, 1.165) is 62.5 Å². The number of piperidine rings is 1. The second-order valence-electron chi connectivity index (χ2n) is 6.99. The minimum Gasteiger partial charge on any atom is -0.379 e. The molecule has 9 heteroatoms. The SMILES string of the molecule is O=C(NCCN1CCOCC1)[C@H]1CCCN(c2nnc(-n3cccc3)s2)C1. The van der Waals surface area contributed by atoms with E-state index in [1.807, 2.05) is 29.1 Å². The van der Waals surface area contributed by atoms with Crippen LogP contribution in [-0.4, -0.2) is 78.1 Å². The molecule has 146 valence electrons. The number of rotatable bonds is 6. The van der Waals surface area contributed by atoms with Crippen LogP contribution >= 0.6 is 11.3 Å². The minimum absolute atomic E-state index is 0.0161. The van der Waals surface area contributed by atoms with Crippen molar-refractivity contribution in [1.29, 1.82) is 0 Å². The summed E-state index contributed by atoms with van der Waals surface area (Å²) in [7, 11) is 0. The molecular weight excluding hydrogens is 364 g/mol. The number of anilines is 1. The summed E-state index contributed by atoms with van der Waals surface area (Å²) in [5, 5.41) is 13.5. The van der Waals surface area contributed by atoms with E-state index in [0.29, 0.717) is 13.1 Å². The molecular formula is C18H26N6O2S. The van der Waals surface area contributed by atoms with Crippen LogP contribution in [0.1, 0.15) is 12.8 Å². The minimum atomic E-state index is 0.0161. The molecule has 0 radical (unpaired) electrons. The van der Waals surface area contributed by atoms with E-state index in [1.54, 1.807) is 11.3 Å². The normalized spacial score (nSPS) is 21.3. The van der Waals surface area contributed by atoms with Gasteiger partial charge >= 0.3 is 0 Å². The number of ether oxygens (including phenoxy) is 1. The van der Waals surface area contributed by atoms with Gasteiger partial charge in [-0.15, -0.1) is 10.2 Å². The highest BCUT2D eigenvalue weighted by Crippen LogP contribution is 2.27. The monoisotopic (exact) mass is 390 g/mol. The number of nitrogens with zero attached hydrogens (tertiary/aromatic N) is 5. The predicted molar refractivity (Wildman–Crippen MR) is 104 cm³/mol. The second kappa shape index (κ2) is 8.81. The van der Waals surface area contributed by atoms with Crippen molar-refractivity contribution in [2.45, 2.75) is 12.8 Å². The lowest BCUT2D eigenvalue weighted by molar-refractivity contribution is -0.125. The first kappa shape index (κ1) is 18.4. The van der Waals surface area contributed by atoms with Crippen LogP contribution in [-0.2, 0) is 9.53 Å². The Morgan fingerprint density at radius 3 is 2.78 bits per heavy atom. The summed E-state index contributed by atoms with van der Waals surface area (Å²) in [5.41, 5.74) is 0. The van der Waals surface area contributed by atoms with E-state index in [9.17, 15) is 4.79 Å². The molecule has 4 rings (SSSR count). The maximum Gasteiger partial charge on any atom is 0.224 e. The van der Waals surface area contributed by atoms with Gasteiger partial charge < -0.3 is 15.0 Å². The van der Waals surface area contributed by atoms with Crippen molar-refractivity contribution in [2.24, 2.45) is 5.92 Å². The number of hydrogen-bond acceptors (Lipinski definition) is 7. The van der Waals surface area contributed by atoms with Crippen molar-refractivity contribution in [1.82, 2.24) is 25.0 Å². The highest BCUT2D eigenvalue weighted by Gasteiger charge is 2.27. The number of hydrogen-bond donors (Lipinski definition) is 1. The molecule has 1 atom stereocenters. The molecule has 0 saturated carbocycles. The number of carbonyl (C=O) groups is 1. The zero-order valence-corrected chi connectivity index (χ0v) is 16.2. The van der Waals surface area contributed by atoms with Gasteiger partial charge in [-0.05, 0) is 25.0 Å². The van der Waals surface area contributed by atoms with Crippen LogP contribution in [0.4, 0.5) is 5.13 Å². The molecule has 27 heavy (non-hydrogen) atoms. The van der Waals surface area contributed by atoms with Gasteiger partial charge in [-0.25, -0.2) is 0 Å². The zero-order valence-electron chi connectivity index (χ0n) is 15.4. The maximum atomic E-state index is 12.6. The summed E-state index contributed by atoms with van der Waals surface area (Å²) >= 11 is 1.56. The number of nitrogens with one attached hydrogen (secondary N) is 1. The van der Waals surface area contributed by atoms with Crippen molar-refractivity contribution < 1.29 is 9.53 Å². The molecule has 2 aliphatic heterocycles. The molecule has 0 spiro atoms. The van der Waals surface area contributed by atoms with Crippen LogP contribution in [0, 0.1) is 5.92 Å². The van der Waals surface area contributed by atoms with Crippen LogP contribution in [0.25, 0.3) is 5.13 Å². The van der Waals surface area contributed by atoms with Crippen LogP contribution < -0.4 is 10.2 Å².